The summed E-state index contributed by atoms with van der Waals surface area (Å²) in [6, 6.07) is 11.3. The second-order valence-corrected chi connectivity index (χ2v) is 5.76. The molecule has 0 aliphatic heterocycles. The largest absolute Gasteiger partial charge is 0.477 e. The maximum absolute atomic E-state index is 12.2. The molecule has 0 aliphatic carbocycles. The van der Waals surface area contributed by atoms with Crippen LogP contribution in [0.25, 0.3) is 5.65 Å². The number of hydrogen-bond donors (Lipinski definition) is 1. The van der Waals surface area contributed by atoms with Crippen molar-refractivity contribution in [2.45, 2.75) is 13.5 Å². The minimum absolute atomic E-state index is 0.242. The summed E-state index contributed by atoms with van der Waals surface area (Å²) in [5.41, 5.74) is 1.93. The topological polar surface area (TPSA) is 68.5 Å². The maximum Gasteiger partial charge on any atom is 0.271 e. The summed E-state index contributed by atoms with van der Waals surface area (Å²) in [4.78, 5) is 16.5. The molecule has 3 aromatic rings. The van der Waals surface area contributed by atoms with Crippen LogP contribution in [-0.4, -0.2) is 27.1 Å². The Morgan fingerprint density at radius 3 is 3.00 bits per heavy atom. The average Bonchev–Trinajstić information content (AvgIpc) is 2.96. The summed E-state index contributed by atoms with van der Waals surface area (Å²) in [6.07, 6.45) is 1.59. The van der Waals surface area contributed by atoms with E-state index in [1.807, 2.05) is 31.2 Å². The van der Waals surface area contributed by atoms with E-state index in [1.165, 1.54) is 0 Å². The van der Waals surface area contributed by atoms with Crippen molar-refractivity contribution in [1.82, 2.24) is 19.9 Å². The first-order chi connectivity index (χ1) is 11.2. The molecule has 2 aromatic heterocycles. The number of imidazole rings is 1. The minimum atomic E-state index is -0.242. The van der Waals surface area contributed by atoms with Crippen LogP contribution in [0.2, 0.25) is 0 Å². The van der Waals surface area contributed by atoms with Gasteiger partial charge in [0.1, 0.15) is 5.69 Å². The molecule has 0 aliphatic rings. The highest BCUT2D eigenvalue weighted by atomic mass is 79.9. The number of nitrogens with one attached hydrogen (secondary N) is 1. The number of fused-ring (bicyclic) bond motifs is 1. The van der Waals surface area contributed by atoms with E-state index in [2.05, 4.69) is 31.3 Å². The normalized spacial score (nSPS) is 10.7. The van der Waals surface area contributed by atoms with Gasteiger partial charge in [0.15, 0.2) is 5.65 Å². The van der Waals surface area contributed by atoms with Crippen LogP contribution in [-0.2, 0) is 6.54 Å². The second kappa shape index (κ2) is 6.78. The van der Waals surface area contributed by atoms with Crippen molar-refractivity contribution >= 4 is 27.5 Å². The van der Waals surface area contributed by atoms with Gasteiger partial charge in [-0.3, -0.25) is 4.79 Å². The second-order valence-electron chi connectivity index (χ2n) is 4.85. The van der Waals surface area contributed by atoms with E-state index in [9.17, 15) is 4.79 Å². The molecule has 0 spiro atoms. The molecule has 3 rings (SSSR count). The van der Waals surface area contributed by atoms with Gasteiger partial charge in [-0.1, -0.05) is 28.1 Å². The lowest BCUT2D eigenvalue weighted by molar-refractivity contribution is 0.0946. The van der Waals surface area contributed by atoms with E-state index in [0.29, 0.717) is 30.4 Å². The molecule has 1 amide bonds. The number of carbonyl (C=O) groups excluding carboxylic acids is 1. The number of ether oxygens (including phenoxy) is 1. The van der Waals surface area contributed by atoms with Crippen molar-refractivity contribution in [3.8, 4) is 5.88 Å². The standard InChI is InChI=1S/C16H15BrN4O2/c1-2-23-15-7-6-14-19-13(10-21(14)20-15)16(22)18-9-11-4-3-5-12(17)8-11/h3-8,10H,2,9H2,1H3,(H,18,22). The van der Waals surface area contributed by atoms with Gasteiger partial charge in [-0.05, 0) is 30.7 Å². The molecular weight excluding hydrogens is 360 g/mol. The molecule has 118 valence electrons. The Morgan fingerprint density at radius 1 is 1.35 bits per heavy atom. The van der Waals surface area contributed by atoms with Gasteiger partial charge in [0.05, 0.1) is 12.8 Å². The Balaban J connectivity index is 1.73. The summed E-state index contributed by atoms with van der Waals surface area (Å²) < 4.78 is 7.85. The van der Waals surface area contributed by atoms with Crippen molar-refractivity contribution in [2.24, 2.45) is 0 Å². The first-order valence-corrected chi connectivity index (χ1v) is 7.97. The number of hydrogen-bond acceptors (Lipinski definition) is 4. The van der Waals surface area contributed by atoms with E-state index >= 15 is 0 Å². The Labute approximate surface area is 141 Å². The molecule has 0 bridgehead atoms. The third kappa shape index (κ3) is 3.68. The number of amides is 1. The third-order valence-electron chi connectivity index (χ3n) is 3.16. The van der Waals surface area contributed by atoms with Crippen LogP contribution in [0.3, 0.4) is 0 Å². The van der Waals surface area contributed by atoms with Gasteiger partial charge in [0, 0.05) is 17.1 Å². The summed E-state index contributed by atoms with van der Waals surface area (Å²) in [6.45, 7) is 2.86. The van der Waals surface area contributed by atoms with Gasteiger partial charge in [-0.25, -0.2) is 9.50 Å². The van der Waals surface area contributed by atoms with Crippen molar-refractivity contribution in [1.29, 1.82) is 0 Å². The lowest BCUT2D eigenvalue weighted by atomic mass is 10.2. The fourth-order valence-electron chi connectivity index (χ4n) is 2.12. The molecular formula is C16H15BrN4O2. The van der Waals surface area contributed by atoms with Crippen LogP contribution in [0.15, 0.2) is 47.1 Å². The molecule has 0 unspecified atom stereocenters. The zero-order valence-electron chi connectivity index (χ0n) is 12.5. The third-order valence-corrected chi connectivity index (χ3v) is 3.66. The number of benzene rings is 1. The monoisotopic (exact) mass is 374 g/mol. The van der Waals surface area contributed by atoms with Gasteiger partial charge in [-0.2, -0.15) is 0 Å². The number of aromatic nitrogens is 3. The Hall–Kier alpha value is -2.41. The van der Waals surface area contributed by atoms with E-state index in [0.717, 1.165) is 10.0 Å². The van der Waals surface area contributed by atoms with E-state index in [1.54, 1.807) is 22.8 Å². The molecule has 0 atom stereocenters. The van der Waals surface area contributed by atoms with Crippen LogP contribution in [0, 0.1) is 0 Å². The average molecular weight is 375 g/mol. The highest BCUT2D eigenvalue weighted by molar-refractivity contribution is 9.10. The highest BCUT2D eigenvalue weighted by Crippen LogP contribution is 2.12. The van der Waals surface area contributed by atoms with Gasteiger partial charge in [0.25, 0.3) is 5.91 Å². The van der Waals surface area contributed by atoms with E-state index in [4.69, 9.17) is 4.74 Å². The van der Waals surface area contributed by atoms with Crippen molar-refractivity contribution in [3.63, 3.8) is 0 Å². The Morgan fingerprint density at radius 2 is 2.22 bits per heavy atom. The zero-order chi connectivity index (χ0) is 16.2. The predicted octanol–water partition coefficient (Wildman–Crippen LogP) is 2.82. The maximum atomic E-state index is 12.2. The molecule has 1 N–H and O–H groups in total. The zero-order valence-corrected chi connectivity index (χ0v) is 14.1. The fraction of sp³-hybridized carbons (Fsp3) is 0.188. The van der Waals surface area contributed by atoms with Crippen molar-refractivity contribution < 1.29 is 9.53 Å². The molecule has 1 aromatic carbocycles. The van der Waals surface area contributed by atoms with Crippen LogP contribution in [0.5, 0.6) is 5.88 Å². The van der Waals surface area contributed by atoms with Crippen LogP contribution in [0.4, 0.5) is 0 Å². The van der Waals surface area contributed by atoms with Crippen LogP contribution in [0.1, 0.15) is 23.0 Å². The quantitative estimate of drug-likeness (QED) is 0.745. The van der Waals surface area contributed by atoms with Crippen molar-refractivity contribution in [2.75, 3.05) is 6.61 Å². The van der Waals surface area contributed by atoms with Gasteiger partial charge < -0.3 is 10.1 Å². The SMILES string of the molecule is CCOc1ccc2nc(C(=O)NCc3cccc(Br)c3)cn2n1. The number of halogens is 1. The summed E-state index contributed by atoms with van der Waals surface area (Å²) in [7, 11) is 0. The lowest BCUT2D eigenvalue weighted by Gasteiger charge is -2.03. The lowest BCUT2D eigenvalue weighted by Crippen LogP contribution is -2.23. The molecule has 2 heterocycles. The number of nitrogens with zero attached hydrogens (tertiary/aromatic N) is 3. The summed E-state index contributed by atoms with van der Waals surface area (Å²) in [5.74, 6) is 0.256. The molecule has 0 fully saturated rings. The predicted molar refractivity (Wildman–Crippen MR) is 89.5 cm³/mol. The fourth-order valence-corrected chi connectivity index (χ4v) is 2.57. The summed E-state index contributed by atoms with van der Waals surface area (Å²) in [5, 5.41) is 7.09. The molecule has 6 nitrogen and oxygen atoms in total. The van der Waals surface area contributed by atoms with Crippen LogP contribution < -0.4 is 10.1 Å². The summed E-state index contributed by atoms with van der Waals surface area (Å²) >= 11 is 3.41. The van der Waals surface area contributed by atoms with Gasteiger partial charge in [0.2, 0.25) is 5.88 Å². The molecule has 23 heavy (non-hydrogen) atoms. The number of carbonyl (C=O) groups is 1. The Bertz CT molecular complexity index is 847. The molecule has 0 saturated heterocycles. The van der Waals surface area contributed by atoms with Crippen molar-refractivity contribution in [3.05, 3.63) is 58.3 Å². The number of rotatable bonds is 5. The van der Waals surface area contributed by atoms with E-state index in [-0.39, 0.29) is 5.91 Å². The molecule has 0 saturated carbocycles. The molecule has 7 heteroatoms. The first-order valence-electron chi connectivity index (χ1n) is 7.17. The van der Waals surface area contributed by atoms with Gasteiger partial charge in [-0.15, -0.1) is 5.10 Å². The van der Waals surface area contributed by atoms with Gasteiger partial charge >= 0.3 is 0 Å². The molecule has 0 radical (unpaired) electrons. The highest BCUT2D eigenvalue weighted by Gasteiger charge is 2.11. The Kier molecular flexibility index (Phi) is 4.57. The minimum Gasteiger partial charge on any atom is -0.477 e. The first kappa shape index (κ1) is 15.5. The van der Waals surface area contributed by atoms with Crippen LogP contribution >= 0.6 is 15.9 Å². The smallest absolute Gasteiger partial charge is 0.271 e. The van der Waals surface area contributed by atoms with E-state index < -0.39 is 0 Å².